The van der Waals surface area contributed by atoms with Gasteiger partial charge in [0.1, 0.15) is 24.0 Å². The van der Waals surface area contributed by atoms with Gasteiger partial charge in [-0.15, -0.1) is 0 Å². The van der Waals surface area contributed by atoms with Crippen LogP contribution in [-0.2, 0) is 14.1 Å². The van der Waals surface area contributed by atoms with Gasteiger partial charge in [-0.2, -0.15) is 10.2 Å². The van der Waals surface area contributed by atoms with Crippen LogP contribution in [0.25, 0.3) is 21.8 Å². The van der Waals surface area contributed by atoms with Gasteiger partial charge in [0.15, 0.2) is 0 Å². The topological polar surface area (TPSA) is 104 Å². The molecule has 5 aromatic rings. The molecule has 0 saturated heterocycles. The maximum Gasteiger partial charge on any atom is 0.257 e. The summed E-state index contributed by atoms with van der Waals surface area (Å²) >= 11 is 0. The van der Waals surface area contributed by atoms with E-state index in [2.05, 4.69) is 27.0 Å². The number of carbonyl (C=O) groups excluding carboxylic acids is 1. The molecule has 9 nitrogen and oxygen atoms in total. The molecule has 0 radical (unpaired) electrons. The third-order valence-electron chi connectivity index (χ3n) is 6.83. The number of pyridine rings is 1. The van der Waals surface area contributed by atoms with Crippen LogP contribution >= 0.6 is 0 Å². The SMILES string of the molecule is CCN(C(=O)c1cc2c(cc1F)nc(N)c1cnn(C)c12)C1COc2cc(C#Cc3cnn(C)c3)ccc21. The van der Waals surface area contributed by atoms with Crippen LogP contribution in [0.15, 0.2) is 48.9 Å². The van der Waals surface area contributed by atoms with Gasteiger partial charge in [0.25, 0.3) is 5.91 Å². The molecule has 0 spiro atoms. The summed E-state index contributed by atoms with van der Waals surface area (Å²) in [6.07, 6.45) is 5.16. The first kappa shape index (κ1) is 23.5. The number of hydrogen-bond acceptors (Lipinski definition) is 6. The molecule has 1 amide bonds. The maximum atomic E-state index is 15.3. The highest BCUT2D eigenvalue weighted by atomic mass is 19.1. The number of nitrogen functional groups attached to an aromatic ring is 1. The van der Waals surface area contributed by atoms with Crippen LogP contribution in [0.1, 0.15) is 40.0 Å². The second kappa shape index (κ2) is 8.88. The molecule has 0 saturated carbocycles. The number of amides is 1. The Labute approximate surface area is 217 Å². The van der Waals surface area contributed by atoms with Gasteiger partial charge in [-0.25, -0.2) is 9.37 Å². The Hall–Kier alpha value is -4.91. The number of hydrogen-bond donors (Lipinski definition) is 1. The van der Waals surface area contributed by atoms with Gasteiger partial charge in [-0.3, -0.25) is 14.2 Å². The van der Waals surface area contributed by atoms with Crippen molar-refractivity contribution >= 4 is 33.5 Å². The van der Waals surface area contributed by atoms with Crippen molar-refractivity contribution in [2.45, 2.75) is 13.0 Å². The Kier molecular flexibility index (Phi) is 5.49. The molecule has 0 aliphatic carbocycles. The van der Waals surface area contributed by atoms with E-state index in [9.17, 15) is 4.79 Å². The van der Waals surface area contributed by atoms with Crippen molar-refractivity contribution in [3.63, 3.8) is 0 Å². The lowest BCUT2D eigenvalue weighted by Gasteiger charge is -2.27. The van der Waals surface area contributed by atoms with E-state index in [1.807, 2.05) is 38.4 Å². The average molecular weight is 510 g/mol. The summed E-state index contributed by atoms with van der Waals surface area (Å²) in [4.78, 5) is 19.7. The molecule has 4 heterocycles. The lowest BCUT2D eigenvalue weighted by atomic mass is 10.0. The van der Waals surface area contributed by atoms with E-state index in [4.69, 9.17) is 10.5 Å². The van der Waals surface area contributed by atoms with Crippen LogP contribution in [0.4, 0.5) is 10.2 Å². The van der Waals surface area contributed by atoms with Crippen molar-refractivity contribution in [2.75, 3.05) is 18.9 Å². The molecule has 1 aliphatic heterocycles. The zero-order chi connectivity index (χ0) is 26.6. The Balaban J connectivity index is 1.34. The number of anilines is 1. The molecule has 10 heteroatoms. The predicted octanol–water partition coefficient (Wildman–Crippen LogP) is 3.57. The third kappa shape index (κ3) is 3.80. The first-order valence-electron chi connectivity index (χ1n) is 12.1. The van der Waals surface area contributed by atoms with Crippen LogP contribution in [-0.4, -0.2) is 48.5 Å². The summed E-state index contributed by atoms with van der Waals surface area (Å²) in [6, 6.07) is 8.11. The Bertz CT molecular complexity index is 1810. The van der Waals surface area contributed by atoms with Gasteiger partial charge in [-0.05, 0) is 25.1 Å². The quantitative estimate of drug-likeness (QED) is 0.373. The Morgan fingerprint density at radius 3 is 2.74 bits per heavy atom. The smallest absolute Gasteiger partial charge is 0.257 e. The molecule has 6 rings (SSSR count). The molecule has 2 N–H and O–H groups in total. The second-order valence-electron chi connectivity index (χ2n) is 9.20. The largest absolute Gasteiger partial charge is 0.491 e. The number of aryl methyl sites for hydroxylation is 2. The van der Waals surface area contributed by atoms with Crippen molar-refractivity contribution in [3.05, 3.63) is 77.0 Å². The minimum absolute atomic E-state index is 0.0409. The number of ether oxygens (including phenoxy) is 1. The monoisotopic (exact) mass is 509 g/mol. The van der Waals surface area contributed by atoms with Gasteiger partial charge in [-0.1, -0.05) is 17.9 Å². The Morgan fingerprint density at radius 1 is 1.16 bits per heavy atom. The normalized spacial score (nSPS) is 14.3. The molecule has 0 fully saturated rings. The van der Waals surface area contributed by atoms with E-state index in [-0.39, 0.29) is 24.0 Å². The second-order valence-corrected chi connectivity index (χ2v) is 9.20. The summed E-state index contributed by atoms with van der Waals surface area (Å²) in [6.45, 7) is 2.51. The standard InChI is InChI=1S/C28H24FN7O2/c1-4-36(24-15-38-25-9-16(7-8-18(24)25)5-6-17-12-31-34(2)14-17)28(37)19-10-20-23(11-22(19)29)33-27(30)21-13-32-35(3)26(20)21/h7-14,24H,4,15H2,1-3H3,(H2,30,33). The number of fused-ring (bicyclic) bond motifs is 4. The van der Waals surface area contributed by atoms with Crippen molar-refractivity contribution in [1.29, 1.82) is 0 Å². The number of halogens is 1. The van der Waals surface area contributed by atoms with E-state index in [0.717, 1.165) is 16.7 Å². The average Bonchev–Trinajstić information content (AvgIpc) is 3.62. The van der Waals surface area contributed by atoms with E-state index < -0.39 is 11.7 Å². The number of aromatic nitrogens is 5. The van der Waals surface area contributed by atoms with E-state index in [0.29, 0.717) is 34.1 Å². The van der Waals surface area contributed by atoms with E-state index in [1.54, 1.807) is 39.8 Å². The molecule has 3 aromatic heterocycles. The highest BCUT2D eigenvalue weighted by Gasteiger charge is 2.33. The summed E-state index contributed by atoms with van der Waals surface area (Å²) in [7, 11) is 3.61. The van der Waals surface area contributed by atoms with Crippen LogP contribution in [0, 0.1) is 17.7 Å². The zero-order valence-electron chi connectivity index (χ0n) is 21.1. The number of likely N-dealkylation sites (N-methyl/N-ethyl adjacent to an activating group) is 1. The molecule has 1 atom stereocenters. The van der Waals surface area contributed by atoms with Gasteiger partial charge < -0.3 is 15.4 Å². The summed E-state index contributed by atoms with van der Waals surface area (Å²) in [5.41, 5.74) is 9.53. The molecule has 38 heavy (non-hydrogen) atoms. The molecule has 0 bridgehead atoms. The number of carbonyl (C=O) groups is 1. The number of rotatable bonds is 3. The number of benzene rings is 2. The minimum atomic E-state index is -0.658. The Morgan fingerprint density at radius 2 is 1.97 bits per heavy atom. The van der Waals surface area contributed by atoms with E-state index >= 15 is 4.39 Å². The number of nitrogens with zero attached hydrogens (tertiary/aromatic N) is 6. The van der Waals surface area contributed by atoms with Crippen molar-refractivity contribution in [2.24, 2.45) is 14.1 Å². The van der Waals surface area contributed by atoms with Gasteiger partial charge in [0.2, 0.25) is 0 Å². The molecular weight excluding hydrogens is 485 g/mol. The minimum Gasteiger partial charge on any atom is -0.491 e. The summed E-state index contributed by atoms with van der Waals surface area (Å²) in [5, 5.41) is 9.64. The van der Waals surface area contributed by atoms with Gasteiger partial charge in [0, 0.05) is 49.4 Å². The van der Waals surface area contributed by atoms with Gasteiger partial charge >= 0.3 is 0 Å². The van der Waals surface area contributed by atoms with Crippen LogP contribution in [0.2, 0.25) is 0 Å². The van der Waals surface area contributed by atoms with E-state index in [1.165, 1.54) is 6.07 Å². The summed E-state index contributed by atoms with van der Waals surface area (Å²) < 4.78 is 24.6. The van der Waals surface area contributed by atoms with Gasteiger partial charge in [0.05, 0.1) is 46.0 Å². The highest BCUT2D eigenvalue weighted by Crippen LogP contribution is 2.38. The lowest BCUT2D eigenvalue weighted by molar-refractivity contribution is 0.0658. The summed E-state index contributed by atoms with van der Waals surface area (Å²) in [5.74, 6) is 6.04. The third-order valence-corrected chi connectivity index (χ3v) is 6.83. The first-order valence-corrected chi connectivity index (χ1v) is 12.1. The molecular formula is C28H24FN7O2. The fraction of sp³-hybridized carbons (Fsp3) is 0.214. The molecule has 1 unspecified atom stereocenters. The van der Waals surface area contributed by atoms with Crippen LogP contribution in [0.3, 0.4) is 0 Å². The predicted molar refractivity (Wildman–Crippen MR) is 141 cm³/mol. The lowest BCUT2D eigenvalue weighted by Crippen LogP contribution is -2.36. The van der Waals surface area contributed by atoms with Crippen LogP contribution < -0.4 is 10.5 Å². The van der Waals surface area contributed by atoms with Crippen molar-refractivity contribution < 1.29 is 13.9 Å². The number of nitrogens with two attached hydrogens (primary N) is 1. The molecule has 1 aliphatic rings. The first-order chi connectivity index (χ1) is 18.3. The van der Waals surface area contributed by atoms with Crippen molar-refractivity contribution in [1.82, 2.24) is 29.4 Å². The maximum absolute atomic E-state index is 15.3. The molecule has 190 valence electrons. The molecule has 2 aromatic carbocycles. The highest BCUT2D eigenvalue weighted by molar-refractivity contribution is 6.10. The fourth-order valence-corrected chi connectivity index (χ4v) is 4.96. The van der Waals surface area contributed by atoms with Crippen molar-refractivity contribution in [3.8, 4) is 17.6 Å². The van der Waals surface area contributed by atoms with Crippen LogP contribution in [0.5, 0.6) is 5.75 Å². The fourth-order valence-electron chi connectivity index (χ4n) is 4.96. The zero-order valence-corrected chi connectivity index (χ0v) is 21.1.